The maximum atomic E-state index is 14.9. The van der Waals surface area contributed by atoms with Gasteiger partial charge in [-0.15, -0.1) is 0 Å². The van der Waals surface area contributed by atoms with Crippen LogP contribution in [0.5, 0.6) is 0 Å². The van der Waals surface area contributed by atoms with E-state index in [1.54, 1.807) is 36.2 Å². The molecule has 5 rings (SSSR count). The summed E-state index contributed by atoms with van der Waals surface area (Å²) in [6.07, 6.45) is 3.87. The van der Waals surface area contributed by atoms with E-state index in [1.165, 1.54) is 22.7 Å². The Labute approximate surface area is 192 Å². The van der Waals surface area contributed by atoms with E-state index in [0.29, 0.717) is 37.1 Å². The molecule has 1 amide bonds. The maximum Gasteiger partial charge on any atom is 0.254 e. The Hall–Kier alpha value is -3.30. The fourth-order valence-corrected chi connectivity index (χ4v) is 4.41. The van der Waals surface area contributed by atoms with Gasteiger partial charge in [-0.25, -0.2) is 9.37 Å². The Balaban J connectivity index is 1.56. The number of H-pyrrole nitrogens is 1. The number of hydrogen-bond acceptors (Lipinski definition) is 4. The first-order valence-corrected chi connectivity index (χ1v) is 10.8. The Morgan fingerprint density at radius 1 is 1.21 bits per heavy atom. The van der Waals surface area contributed by atoms with Gasteiger partial charge >= 0.3 is 0 Å². The van der Waals surface area contributed by atoms with Gasteiger partial charge in [0.25, 0.3) is 5.91 Å². The van der Waals surface area contributed by atoms with Crippen molar-refractivity contribution in [3.63, 3.8) is 0 Å². The lowest BCUT2D eigenvalue weighted by molar-refractivity contribution is -0.00202. The second-order valence-corrected chi connectivity index (χ2v) is 8.80. The van der Waals surface area contributed by atoms with Gasteiger partial charge in [0.15, 0.2) is 0 Å². The Kier molecular flexibility index (Phi) is 5.18. The molecule has 1 fully saturated rings. The predicted octanol–water partition coefficient (Wildman–Crippen LogP) is 4.31. The van der Waals surface area contributed by atoms with Crippen LogP contribution in [0.4, 0.5) is 8.78 Å². The summed E-state index contributed by atoms with van der Waals surface area (Å²) in [6.45, 7) is 2.67. The normalized spacial score (nSPS) is 15.8. The largest absolute Gasteiger partial charge is 0.390 e. The highest BCUT2D eigenvalue weighted by Gasteiger charge is 2.30. The van der Waals surface area contributed by atoms with Crippen molar-refractivity contribution in [3.8, 4) is 22.4 Å². The maximum absolute atomic E-state index is 14.9. The number of nitrogens with zero attached hydrogens (tertiary/aromatic N) is 4. The standard InChI is InChI=1S/C23H20ClF2N5O2/c1-23(33)6-9-30(10-7-23)22(32)13-5-8-31-17(11-13)28-19(20(31)24)18-14(3-2-4-16(18)25)15-12-27-29-21(15)26/h2-5,8,11-12,33H,6-7,9-10H2,1H3,(H,27,29). The number of hydrogen-bond donors (Lipinski definition) is 2. The number of rotatable bonds is 3. The number of piperidine rings is 1. The van der Waals surface area contributed by atoms with Gasteiger partial charge < -0.3 is 10.0 Å². The molecule has 10 heteroatoms. The third-order valence-electron chi connectivity index (χ3n) is 6.08. The number of aromatic nitrogens is 4. The van der Waals surface area contributed by atoms with E-state index in [0.717, 1.165) is 0 Å². The van der Waals surface area contributed by atoms with Crippen molar-refractivity contribution in [2.45, 2.75) is 25.4 Å². The third-order valence-corrected chi connectivity index (χ3v) is 6.44. The Bertz CT molecular complexity index is 1370. The molecular weight excluding hydrogens is 452 g/mol. The minimum atomic E-state index is -0.766. The summed E-state index contributed by atoms with van der Waals surface area (Å²) in [6, 6.07) is 7.49. The summed E-state index contributed by atoms with van der Waals surface area (Å²) in [5, 5.41) is 16.1. The van der Waals surface area contributed by atoms with Gasteiger partial charge in [0.2, 0.25) is 5.95 Å². The van der Waals surface area contributed by atoms with Crippen molar-refractivity contribution in [1.29, 1.82) is 0 Å². The molecule has 4 heterocycles. The van der Waals surface area contributed by atoms with Crippen LogP contribution in [0.3, 0.4) is 0 Å². The van der Waals surface area contributed by atoms with Gasteiger partial charge in [0.1, 0.15) is 22.3 Å². The van der Waals surface area contributed by atoms with E-state index in [2.05, 4.69) is 15.2 Å². The predicted molar refractivity (Wildman–Crippen MR) is 119 cm³/mol. The topological polar surface area (TPSA) is 86.5 Å². The molecule has 33 heavy (non-hydrogen) atoms. The second-order valence-electron chi connectivity index (χ2n) is 8.44. The van der Waals surface area contributed by atoms with Crippen LogP contribution < -0.4 is 0 Å². The molecule has 4 aromatic rings. The number of aliphatic hydroxyl groups is 1. The fourth-order valence-electron chi connectivity index (χ4n) is 4.13. The van der Waals surface area contributed by atoms with Crippen molar-refractivity contribution in [1.82, 2.24) is 24.5 Å². The highest BCUT2D eigenvalue weighted by molar-refractivity contribution is 6.32. The van der Waals surface area contributed by atoms with E-state index >= 15 is 0 Å². The zero-order chi connectivity index (χ0) is 23.3. The second kappa shape index (κ2) is 7.93. The van der Waals surface area contributed by atoms with E-state index in [1.807, 2.05) is 0 Å². The molecule has 0 atom stereocenters. The smallest absolute Gasteiger partial charge is 0.254 e. The molecule has 0 aliphatic carbocycles. The van der Waals surface area contributed by atoms with Crippen LogP contribution in [0, 0.1) is 11.8 Å². The van der Waals surface area contributed by atoms with Crippen molar-refractivity contribution in [2.24, 2.45) is 0 Å². The average molecular weight is 472 g/mol. The summed E-state index contributed by atoms with van der Waals surface area (Å²) in [5.74, 6) is -1.49. The summed E-state index contributed by atoms with van der Waals surface area (Å²) in [4.78, 5) is 19.1. The van der Waals surface area contributed by atoms with Gasteiger partial charge in [0.05, 0.1) is 17.4 Å². The van der Waals surface area contributed by atoms with Crippen LogP contribution in [0.25, 0.3) is 28.0 Å². The summed E-state index contributed by atoms with van der Waals surface area (Å²) >= 11 is 6.54. The number of amides is 1. The zero-order valence-corrected chi connectivity index (χ0v) is 18.4. The summed E-state index contributed by atoms with van der Waals surface area (Å²) in [7, 11) is 0. The summed E-state index contributed by atoms with van der Waals surface area (Å²) < 4.78 is 30.7. The van der Waals surface area contributed by atoms with Crippen molar-refractivity contribution in [2.75, 3.05) is 13.1 Å². The van der Waals surface area contributed by atoms with E-state index in [-0.39, 0.29) is 33.4 Å². The number of benzene rings is 1. The first-order chi connectivity index (χ1) is 15.7. The van der Waals surface area contributed by atoms with E-state index in [9.17, 15) is 18.7 Å². The number of aromatic amines is 1. The number of likely N-dealkylation sites (tertiary alicyclic amines) is 1. The number of pyridine rings is 1. The molecule has 3 aromatic heterocycles. The molecule has 1 saturated heterocycles. The molecule has 0 bridgehead atoms. The molecule has 7 nitrogen and oxygen atoms in total. The number of nitrogens with one attached hydrogen (secondary N) is 1. The van der Waals surface area contributed by atoms with Crippen LogP contribution >= 0.6 is 11.6 Å². The number of carbonyl (C=O) groups is 1. The van der Waals surface area contributed by atoms with E-state index < -0.39 is 17.4 Å². The molecular formula is C23H20ClF2N5O2. The SMILES string of the molecule is CC1(O)CCN(C(=O)c2ccn3c(Cl)c(-c4c(F)cccc4-c4cn[nH]c4F)nc3c2)CC1. The van der Waals surface area contributed by atoms with Gasteiger partial charge in [-0.1, -0.05) is 23.7 Å². The van der Waals surface area contributed by atoms with Crippen LogP contribution in [0.2, 0.25) is 5.15 Å². The minimum absolute atomic E-state index is 0.0395. The molecule has 0 radical (unpaired) electrons. The molecule has 1 aliphatic heterocycles. The molecule has 0 spiro atoms. The lowest BCUT2D eigenvalue weighted by atomic mass is 9.93. The van der Waals surface area contributed by atoms with Crippen LogP contribution in [0.1, 0.15) is 30.1 Å². The fraction of sp³-hybridized carbons (Fsp3) is 0.261. The first-order valence-electron chi connectivity index (χ1n) is 10.4. The molecule has 1 aliphatic rings. The lowest BCUT2D eigenvalue weighted by Gasteiger charge is -2.35. The minimum Gasteiger partial charge on any atom is -0.390 e. The average Bonchev–Trinajstić information content (AvgIpc) is 3.35. The van der Waals surface area contributed by atoms with Crippen molar-refractivity contribution >= 4 is 23.2 Å². The van der Waals surface area contributed by atoms with Crippen LogP contribution in [0.15, 0.2) is 42.7 Å². The molecule has 1 aromatic carbocycles. The van der Waals surface area contributed by atoms with Gasteiger partial charge in [-0.05, 0) is 38.0 Å². The Morgan fingerprint density at radius 2 is 1.97 bits per heavy atom. The molecule has 170 valence electrons. The lowest BCUT2D eigenvalue weighted by Crippen LogP contribution is -2.45. The third kappa shape index (κ3) is 3.77. The quantitative estimate of drug-likeness (QED) is 0.466. The number of fused-ring (bicyclic) bond motifs is 1. The molecule has 2 N–H and O–H groups in total. The first kappa shape index (κ1) is 21.5. The van der Waals surface area contributed by atoms with Crippen LogP contribution in [-0.2, 0) is 0 Å². The molecule has 0 unspecified atom stereocenters. The zero-order valence-electron chi connectivity index (χ0n) is 17.6. The number of halogens is 3. The highest BCUT2D eigenvalue weighted by Crippen LogP contribution is 2.38. The Morgan fingerprint density at radius 3 is 2.67 bits per heavy atom. The summed E-state index contributed by atoms with van der Waals surface area (Å²) in [5.41, 5.74) is 0.510. The van der Waals surface area contributed by atoms with Gasteiger partial charge in [-0.3, -0.25) is 14.3 Å². The van der Waals surface area contributed by atoms with E-state index in [4.69, 9.17) is 11.6 Å². The number of carbonyl (C=O) groups excluding carboxylic acids is 1. The van der Waals surface area contributed by atoms with Gasteiger partial charge in [-0.2, -0.15) is 9.49 Å². The van der Waals surface area contributed by atoms with Crippen molar-refractivity contribution in [3.05, 3.63) is 65.2 Å². The highest BCUT2D eigenvalue weighted by atomic mass is 35.5. The monoisotopic (exact) mass is 471 g/mol. The number of imidazole rings is 1. The molecule has 0 saturated carbocycles. The van der Waals surface area contributed by atoms with Crippen LogP contribution in [-0.4, -0.2) is 54.2 Å². The van der Waals surface area contributed by atoms with Crippen molar-refractivity contribution < 1.29 is 18.7 Å². The van der Waals surface area contributed by atoms with Gasteiger partial charge in [0, 0.05) is 36.0 Å².